The Kier molecular flexibility index (Phi) is 4.62. The van der Waals surface area contributed by atoms with Gasteiger partial charge < -0.3 is 10.2 Å². The predicted octanol–water partition coefficient (Wildman–Crippen LogP) is 1.53. The molecule has 0 aromatic carbocycles. The van der Waals surface area contributed by atoms with Gasteiger partial charge in [-0.1, -0.05) is 6.92 Å². The van der Waals surface area contributed by atoms with Crippen LogP contribution in [0.15, 0.2) is 12.4 Å². The lowest BCUT2D eigenvalue weighted by Crippen LogP contribution is -2.41. The molecule has 0 bridgehead atoms. The molecule has 1 N–H and O–H groups in total. The molecule has 2 rings (SSSR count). The van der Waals surface area contributed by atoms with Gasteiger partial charge in [-0.3, -0.25) is 4.98 Å². The summed E-state index contributed by atoms with van der Waals surface area (Å²) in [6, 6.07) is 0.553. The van der Waals surface area contributed by atoms with E-state index in [0.717, 1.165) is 31.1 Å². The fourth-order valence-corrected chi connectivity index (χ4v) is 2.95. The molecule has 0 spiro atoms. The van der Waals surface area contributed by atoms with Crippen molar-refractivity contribution in [2.45, 2.75) is 26.4 Å². The van der Waals surface area contributed by atoms with Crippen molar-refractivity contribution < 1.29 is 0 Å². The van der Waals surface area contributed by atoms with E-state index in [1.807, 2.05) is 24.2 Å². The topological polar surface area (TPSA) is 41.1 Å². The lowest BCUT2D eigenvalue weighted by atomic mass is 10.3. The SMILES string of the molecule is CCNCc1cncc(N2CCSCC2C)n1. The summed E-state index contributed by atoms with van der Waals surface area (Å²) in [5, 5.41) is 3.28. The number of rotatable bonds is 4. The van der Waals surface area contributed by atoms with Crippen molar-refractivity contribution in [3.8, 4) is 0 Å². The Balaban J connectivity index is 2.08. The van der Waals surface area contributed by atoms with E-state index < -0.39 is 0 Å². The highest BCUT2D eigenvalue weighted by atomic mass is 32.2. The summed E-state index contributed by atoms with van der Waals surface area (Å²) in [5.41, 5.74) is 1.02. The number of nitrogens with one attached hydrogen (secondary N) is 1. The Morgan fingerprint density at radius 1 is 1.53 bits per heavy atom. The Morgan fingerprint density at radius 2 is 2.41 bits per heavy atom. The number of anilines is 1. The van der Waals surface area contributed by atoms with Crippen LogP contribution in [-0.2, 0) is 6.54 Å². The van der Waals surface area contributed by atoms with Gasteiger partial charge in [0.1, 0.15) is 5.82 Å². The standard InChI is InChI=1S/C12H20N4S/c1-3-13-6-11-7-14-8-12(15-11)16-4-5-17-9-10(16)2/h7-8,10,13H,3-6,9H2,1-2H3. The molecule has 1 aromatic rings. The van der Waals surface area contributed by atoms with Crippen molar-refractivity contribution >= 4 is 17.6 Å². The van der Waals surface area contributed by atoms with Gasteiger partial charge in [-0.2, -0.15) is 11.8 Å². The second-order valence-corrected chi connectivity index (χ2v) is 5.42. The lowest BCUT2D eigenvalue weighted by Gasteiger charge is -2.33. The first-order valence-electron chi connectivity index (χ1n) is 6.17. The summed E-state index contributed by atoms with van der Waals surface area (Å²) in [6.45, 7) is 7.19. The fourth-order valence-electron chi connectivity index (χ4n) is 1.94. The molecule has 17 heavy (non-hydrogen) atoms. The number of hydrogen-bond acceptors (Lipinski definition) is 5. The molecule has 2 heterocycles. The summed E-state index contributed by atoms with van der Waals surface area (Å²) in [5.74, 6) is 3.39. The first-order valence-corrected chi connectivity index (χ1v) is 7.32. The highest BCUT2D eigenvalue weighted by Gasteiger charge is 2.20. The van der Waals surface area contributed by atoms with E-state index in [2.05, 4.69) is 34.0 Å². The number of aromatic nitrogens is 2. The molecule has 1 fully saturated rings. The van der Waals surface area contributed by atoms with Crippen molar-refractivity contribution in [2.24, 2.45) is 0 Å². The van der Waals surface area contributed by atoms with E-state index in [0.29, 0.717) is 6.04 Å². The van der Waals surface area contributed by atoms with E-state index in [-0.39, 0.29) is 0 Å². The summed E-state index contributed by atoms with van der Waals surface area (Å²) in [7, 11) is 0. The summed E-state index contributed by atoms with van der Waals surface area (Å²) < 4.78 is 0. The van der Waals surface area contributed by atoms with Crippen molar-refractivity contribution in [3.63, 3.8) is 0 Å². The van der Waals surface area contributed by atoms with Crippen LogP contribution in [0.1, 0.15) is 19.5 Å². The van der Waals surface area contributed by atoms with Gasteiger partial charge in [-0.05, 0) is 13.5 Å². The van der Waals surface area contributed by atoms with E-state index in [1.54, 1.807) is 0 Å². The minimum atomic E-state index is 0.553. The molecule has 1 aliphatic rings. The molecule has 94 valence electrons. The Bertz CT molecular complexity index is 358. The van der Waals surface area contributed by atoms with Gasteiger partial charge in [-0.25, -0.2) is 4.98 Å². The molecule has 1 aliphatic heterocycles. The van der Waals surface area contributed by atoms with Gasteiger partial charge in [0.15, 0.2) is 0 Å². The van der Waals surface area contributed by atoms with Crippen molar-refractivity contribution in [2.75, 3.05) is 29.5 Å². The molecule has 4 nitrogen and oxygen atoms in total. The van der Waals surface area contributed by atoms with Crippen molar-refractivity contribution in [1.29, 1.82) is 0 Å². The van der Waals surface area contributed by atoms with E-state index in [9.17, 15) is 0 Å². The van der Waals surface area contributed by atoms with Gasteiger partial charge in [0.25, 0.3) is 0 Å². The van der Waals surface area contributed by atoms with Crippen molar-refractivity contribution in [3.05, 3.63) is 18.1 Å². The predicted molar refractivity (Wildman–Crippen MR) is 73.5 cm³/mol. The Labute approximate surface area is 107 Å². The van der Waals surface area contributed by atoms with Crippen LogP contribution in [0, 0.1) is 0 Å². The minimum absolute atomic E-state index is 0.553. The first kappa shape index (κ1) is 12.6. The molecular formula is C12H20N4S. The molecule has 1 atom stereocenters. The first-order chi connectivity index (χ1) is 8.31. The maximum atomic E-state index is 4.68. The van der Waals surface area contributed by atoms with Gasteiger partial charge in [0, 0.05) is 36.8 Å². The summed E-state index contributed by atoms with van der Waals surface area (Å²) in [4.78, 5) is 11.3. The van der Waals surface area contributed by atoms with Crippen LogP contribution in [-0.4, -0.2) is 40.6 Å². The average molecular weight is 252 g/mol. The van der Waals surface area contributed by atoms with Crippen LogP contribution in [0.5, 0.6) is 0 Å². The fraction of sp³-hybridized carbons (Fsp3) is 0.667. The summed E-state index contributed by atoms with van der Waals surface area (Å²) >= 11 is 2.02. The zero-order valence-electron chi connectivity index (χ0n) is 10.5. The maximum Gasteiger partial charge on any atom is 0.147 e. The lowest BCUT2D eigenvalue weighted by molar-refractivity contribution is 0.671. The average Bonchev–Trinajstić information content (AvgIpc) is 2.37. The molecule has 0 saturated carbocycles. The second kappa shape index (κ2) is 6.21. The number of thioether (sulfide) groups is 1. The molecule has 0 amide bonds. The third-order valence-corrected chi connectivity index (χ3v) is 4.08. The van der Waals surface area contributed by atoms with E-state index in [1.165, 1.54) is 11.5 Å². The third kappa shape index (κ3) is 3.33. The molecule has 5 heteroatoms. The molecule has 1 saturated heterocycles. The molecule has 0 radical (unpaired) electrons. The zero-order chi connectivity index (χ0) is 12.1. The quantitative estimate of drug-likeness (QED) is 0.880. The van der Waals surface area contributed by atoms with E-state index in [4.69, 9.17) is 0 Å². The van der Waals surface area contributed by atoms with Crippen LogP contribution in [0.4, 0.5) is 5.82 Å². The van der Waals surface area contributed by atoms with E-state index >= 15 is 0 Å². The molecule has 1 aromatic heterocycles. The van der Waals surface area contributed by atoms with Crippen LogP contribution in [0.2, 0.25) is 0 Å². The second-order valence-electron chi connectivity index (χ2n) is 4.27. The van der Waals surface area contributed by atoms with Gasteiger partial charge in [-0.15, -0.1) is 0 Å². The number of nitrogens with zero attached hydrogens (tertiary/aromatic N) is 3. The molecule has 0 aliphatic carbocycles. The highest BCUT2D eigenvalue weighted by Crippen LogP contribution is 2.21. The normalized spacial score (nSPS) is 20.6. The summed E-state index contributed by atoms with van der Waals surface area (Å²) in [6.07, 6.45) is 3.72. The van der Waals surface area contributed by atoms with Crippen LogP contribution in [0.3, 0.4) is 0 Å². The van der Waals surface area contributed by atoms with Crippen LogP contribution < -0.4 is 10.2 Å². The van der Waals surface area contributed by atoms with Gasteiger partial charge >= 0.3 is 0 Å². The largest absolute Gasteiger partial charge is 0.351 e. The monoisotopic (exact) mass is 252 g/mol. The highest BCUT2D eigenvalue weighted by molar-refractivity contribution is 7.99. The maximum absolute atomic E-state index is 4.68. The Morgan fingerprint density at radius 3 is 3.18 bits per heavy atom. The Hall–Kier alpha value is -0.810. The third-order valence-electron chi connectivity index (χ3n) is 2.89. The smallest absolute Gasteiger partial charge is 0.147 e. The van der Waals surface area contributed by atoms with Gasteiger partial charge in [0.2, 0.25) is 0 Å². The minimum Gasteiger partial charge on any atom is -0.351 e. The van der Waals surface area contributed by atoms with Gasteiger partial charge in [0.05, 0.1) is 11.9 Å². The molecule has 1 unspecified atom stereocenters. The van der Waals surface area contributed by atoms with Crippen molar-refractivity contribution in [1.82, 2.24) is 15.3 Å². The number of hydrogen-bond donors (Lipinski definition) is 1. The molecular weight excluding hydrogens is 232 g/mol. The van der Waals surface area contributed by atoms with Crippen LogP contribution >= 0.6 is 11.8 Å². The van der Waals surface area contributed by atoms with Crippen LogP contribution in [0.25, 0.3) is 0 Å². The zero-order valence-corrected chi connectivity index (χ0v) is 11.3.